The van der Waals surface area contributed by atoms with Gasteiger partial charge in [0.15, 0.2) is 5.13 Å². The molecular formula is C16H23N3OS. The fourth-order valence-corrected chi connectivity index (χ4v) is 3.00. The molecule has 0 fully saturated rings. The maximum atomic E-state index is 5.11. The Kier molecular flexibility index (Phi) is 6.17. The third-order valence-electron chi connectivity index (χ3n) is 3.46. The predicted molar refractivity (Wildman–Crippen MR) is 89.2 cm³/mol. The van der Waals surface area contributed by atoms with Crippen molar-refractivity contribution in [3.05, 3.63) is 47.0 Å². The molecule has 0 radical (unpaired) electrons. The van der Waals surface area contributed by atoms with Gasteiger partial charge in [0.1, 0.15) is 0 Å². The molecule has 0 spiro atoms. The van der Waals surface area contributed by atoms with Crippen LogP contribution >= 0.6 is 11.3 Å². The Bertz CT molecular complexity index is 529. The van der Waals surface area contributed by atoms with Crippen molar-refractivity contribution in [2.45, 2.75) is 12.5 Å². The van der Waals surface area contributed by atoms with Crippen LogP contribution in [0.25, 0.3) is 0 Å². The number of rotatable bonds is 8. The van der Waals surface area contributed by atoms with Gasteiger partial charge in [0, 0.05) is 38.5 Å². The summed E-state index contributed by atoms with van der Waals surface area (Å²) >= 11 is 1.69. The Labute approximate surface area is 130 Å². The highest BCUT2D eigenvalue weighted by molar-refractivity contribution is 7.13. The maximum Gasteiger partial charge on any atom is 0.185 e. The Morgan fingerprint density at radius 3 is 2.76 bits per heavy atom. The quantitative estimate of drug-likeness (QED) is 0.814. The van der Waals surface area contributed by atoms with Crippen LogP contribution in [-0.4, -0.2) is 39.3 Å². The minimum absolute atomic E-state index is 0.297. The molecule has 1 N–H and O–H groups in total. The van der Waals surface area contributed by atoms with E-state index in [2.05, 4.69) is 39.9 Å². The number of ether oxygens (including phenoxy) is 1. The van der Waals surface area contributed by atoms with E-state index in [1.54, 1.807) is 18.4 Å². The van der Waals surface area contributed by atoms with Gasteiger partial charge in [0.25, 0.3) is 0 Å². The molecule has 0 aliphatic heterocycles. The number of hydrogen-bond acceptors (Lipinski definition) is 5. The van der Waals surface area contributed by atoms with Crippen LogP contribution < -0.4 is 10.2 Å². The third-order valence-corrected chi connectivity index (χ3v) is 4.46. The van der Waals surface area contributed by atoms with E-state index in [0.717, 1.165) is 23.8 Å². The van der Waals surface area contributed by atoms with Crippen LogP contribution in [-0.2, 0) is 11.2 Å². The van der Waals surface area contributed by atoms with E-state index in [0.29, 0.717) is 12.6 Å². The van der Waals surface area contributed by atoms with Gasteiger partial charge in [-0.05, 0) is 12.6 Å². The first-order valence-corrected chi connectivity index (χ1v) is 7.99. The minimum atomic E-state index is 0.297. The molecule has 1 atom stereocenters. The fourth-order valence-electron chi connectivity index (χ4n) is 2.17. The zero-order chi connectivity index (χ0) is 15.1. The van der Waals surface area contributed by atoms with Crippen LogP contribution in [0.15, 0.2) is 35.7 Å². The molecule has 0 saturated carbocycles. The van der Waals surface area contributed by atoms with Gasteiger partial charge in [-0.2, -0.15) is 0 Å². The van der Waals surface area contributed by atoms with Gasteiger partial charge in [-0.3, -0.25) is 0 Å². The smallest absolute Gasteiger partial charge is 0.185 e. The van der Waals surface area contributed by atoms with Crippen molar-refractivity contribution in [2.24, 2.45) is 0 Å². The summed E-state index contributed by atoms with van der Waals surface area (Å²) in [5.74, 6) is 0. The van der Waals surface area contributed by atoms with Crippen LogP contribution in [0.2, 0.25) is 0 Å². The molecule has 0 saturated heterocycles. The van der Waals surface area contributed by atoms with Crippen molar-refractivity contribution >= 4 is 16.5 Å². The number of hydrogen-bond donors (Lipinski definition) is 1. The number of likely N-dealkylation sites (N-methyl/N-ethyl adjacent to an activating group) is 2. The van der Waals surface area contributed by atoms with Gasteiger partial charge in [-0.25, -0.2) is 4.98 Å². The number of anilines is 1. The lowest BCUT2D eigenvalue weighted by atomic mass is 10.0. The number of nitrogens with one attached hydrogen (secondary N) is 1. The molecule has 2 aromatic rings. The van der Waals surface area contributed by atoms with Gasteiger partial charge < -0.3 is 15.0 Å². The minimum Gasteiger partial charge on any atom is -0.383 e. The molecular weight excluding hydrogens is 282 g/mol. The van der Waals surface area contributed by atoms with E-state index in [9.17, 15) is 0 Å². The number of benzene rings is 1. The molecule has 1 aromatic carbocycles. The summed E-state index contributed by atoms with van der Waals surface area (Å²) in [6, 6.07) is 10.8. The first-order valence-electron chi connectivity index (χ1n) is 7.11. The van der Waals surface area contributed by atoms with Crippen molar-refractivity contribution in [3.63, 3.8) is 0 Å². The Balaban J connectivity index is 2.01. The SMILES string of the molecule is CNC(Cc1csc(N(C)CCOC)n1)c1ccccc1. The monoisotopic (exact) mass is 305 g/mol. The Morgan fingerprint density at radius 2 is 2.10 bits per heavy atom. The van der Waals surface area contributed by atoms with Crippen LogP contribution in [0.5, 0.6) is 0 Å². The van der Waals surface area contributed by atoms with Gasteiger partial charge >= 0.3 is 0 Å². The molecule has 1 heterocycles. The second-order valence-electron chi connectivity index (χ2n) is 4.99. The normalized spacial score (nSPS) is 12.3. The highest BCUT2D eigenvalue weighted by atomic mass is 32.1. The van der Waals surface area contributed by atoms with Crippen molar-refractivity contribution in [1.29, 1.82) is 0 Å². The summed E-state index contributed by atoms with van der Waals surface area (Å²) in [6.45, 7) is 1.58. The lowest BCUT2D eigenvalue weighted by Gasteiger charge is -2.16. The zero-order valence-electron chi connectivity index (χ0n) is 12.9. The molecule has 0 aliphatic rings. The van der Waals surface area contributed by atoms with Crippen LogP contribution in [0, 0.1) is 0 Å². The highest BCUT2D eigenvalue weighted by Crippen LogP contribution is 2.23. The second kappa shape index (κ2) is 8.12. The molecule has 0 amide bonds. The Hall–Kier alpha value is -1.43. The third kappa shape index (κ3) is 4.52. The van der Waals surface area contributed by atoms with Crippen molar-refractivity contribution in [2.75, 3.05) is 39.3 Å². The number of thiazole rings is 1. The van der Waals surface area contributed by atoms with Gasteiger partial charge in [0.05, 0.1) is 12.3 Å². The average molecular weight is 305 g/mol. The van der Waals surface area contributed by atoms with E-state index in [-0.39, 0.29) is 0 Å². The van der Waals surface area contributed by atoms with E-state index in [1.807, 2.05) is 20.2 Å². The van der Waals surface area contributed by atoms with Crippen LogP contribution in [0.1, 0.15) is 17.3 Å². The van der Waals surface area contributed by atoms with Crippen LogP contribution in [0.3, 0.4) is 0 Å². The number of nitrogens with zero attached hydrogens (tertiary/aromatic N) is 2. The summed E-state index contributed by atoms with van der Waals surface area (Å²) < 4.78 is 5.11. The van der Waals surface area contributed by atoms with Gasteiger partial charge in [-0.1, -0.05) is 30.3 Å². The number of methoxy groups -OCH3 is 1. The largest absolute Gasteiger partial charge is 0.383 e. The molecule has 0 aliphatic carbocycles. The van der Waals surface area contributed by atoms with Crippen LogP contribution in [0.4, 0.5) is 5.13 Å². The van der Waals surface area contributed by atoms with E-state index >= 15 is 0 Å². The molecule has 1 aromatic heterocycles. The standard InChI is InChI=1S/C16H23N3OS/c1-17-15(13-7-5-4-6-8-13)11-14-12-21-16(18-14)19(2)9-10-20-3/h4-8,12,15,17H,9-11H2,1-3H3. The topological polar surface area (TPSA) is 37.4 Å². The Morgan fingerprint density at radius 1 is 1.33 bits per heavy atom. The molecule has 1 unspecified atom stereocenters. The molecule has 21 heavy (non-hydrogen) atoms. The predicted octanol–water partition coefficient (Wildman–Crippen LogP) is 2.73. The highest BCUT2D eigenvalue weighted by Gasteiger charge is 2.13. The van der Waals surface area contributed by atoms with Gasteiger partial charge in [-0.15, -0.1) is 11.3 Å². The molecule has 4 nitrogen and oxygen atoms in total. The average Bonchev–Trinajstić information content (AvgIpc) is 3.00. The zero-order valence-corrected chi connectivity index (χ0v) is 13.7. The van der Waals surface area contributed by atoms with E-state index in [4.69, 9.17) is 9.72 Å². The van der Waals surface area contributed by atoms with Crippen molar-refractivity contribution in [3.8, 4) is 0 Å². The maximum absolute atomic E-state index is 5.11. The molecule has 114 valence electrons. The summed E-state index contributed by atoms with van der Waals surface area (Å²) in [6.07, 6.45) is 0.898. The van der Waals surface area contributed by atoms with E-state index in [1.165, 1.54) is 5.56 Å². The molecule has 2 rings (SSSR count). The lowest BCUT2D eigenvalue weighted by Crippen LogP contribution is -2.22. The van der Waals surface area contributed by atoms with E-state index < -0.39 is 0 Å². The first-order chi connectivity index (χ1) is 10.2. The summed E-state index contributed by atoms with van der Waals surface area (Å²) in [4.78, 5) is 6.86. The second-order valence-corrected chi connectivity index (χ2v) is 5.83. The lowest BCUT2D eigenvalue weighted by molar-refractivity contribution is 0.206. The van der Waals surface area contributed by atoms with Crippen molar-refractivity contribution < 1.29 is 4.74 Å². The molecule has 0 bridgehead atoms. The van der Waals surface area contributed by atoms with Crippen molar-refractivity contribution in [1.82, 2.24) is 10.3 Å². The summed E-state index contributed by atoms with van der Waals surface area (Å²) in [5, 5.41) is 6.56. The first kappa shape index (κ1) is 15.9. The fraction of sp³-hybridized carbons (Fsp3) is 0.438. The molecule has 5 heteroatoms. The van der Waals surface area contributed by atoms with Gasteiger partial charge in [0.2, 0.25) is 0 Å². The summed E-state index contributed by atoms with van der Waals surface area (Å²) in [5.41, 5.74) is 2.42. The number of aromatic nitrogens is 1. The summed E-state index contributed by atoms with van der Waals surface area (Å²) in [7, 11) is 5.77.